The van der Waals surface area contributed by atoms with Crippen LogP contribution in [0.25, 0.3) is 0 Å². The third-order valence-electron chi connectivity index (χ3n) is 3.22. The van der Waals surface area contributed by atoms with E-state index in [-0.39, 0.29) is 31.2 Å². The van der Waals surface area contributed by atoms with Crippen LogP contribution in [0.3, 0.4) is 0 Å². The van der Waals surface area contributed by atoms with Crippen molar-refractivity contribution < 1.29 is 16.8 Å². The number of hydrogen-bond acceptors (Lipinski definition) is 5. The second-order valence-corrected chi connectivity index (χ2v) is 9.89. The number of nitrogen functional groups attached to an aromatic ring is 1. The van der Waals surface area contributed by atoms with Gasteiger partial charge in [-0.3, -0.25) is 4.72 Å². The van der Waals surface area contributed by atoms with Crippen molar-refractivity contribution in [1.29, 1.82) is 0 Å². The van der Waals surface area contributed by atoms with Crippen molar-refractivity contribution in [3.8, 4) is 0 Å². The van der Waals surface area contributed by atoms with Gasteiger partial charge in [-0.05, 0) is 30.3 Å². The fraction of sp³-hybridized carbons (Fsp3) is 0.143. The van der Waals surface area contributed by atoms with E-state index in [2.05, 4.69) is 4.72 Å². The van der Waals surface area contributed by atoms with Crippen molar-refractivity contribution in [3.05, 3.63) is 46.4 Å². The van der Waals surface area contributed by atoms with Crippen molar-refractivity contribution in [2.45, 2.75) is 9.79 Å². The first-order valence-corrected chi connectivity index (χ1v) is 10.4. The lowest BCUT2D eigenvalue weighted by Crippen LogP contribution is -2.24. The van der Waals surface area contributed by atoms with E-state index in [1.54, 1.807) is 0 Å². The molecule has 11 heteroatoms. The highest BCUT2D eigenvalue weighted by Gasteiger charge is 2.24. The van der Waals surface area contributed by atoms with Gasteiger partial charge in [-0.25, -0.2) is 21.1 Å². The van der Waals surface area contributed by atoms with Gasteiger partial charge in [-0.15, -0.1) is 0 Å². The number of hydrogen-bond donors (Lipinski definition) is 2. The molecule has 136 valence electrons. The van der Waals surface area contributed by atoms with Crippen molar-refractivity contribution in [2.75, 3.05) is 24.6 Å². The summed E-state index contributed by atoms with van der Waals surface area (Å²) in [5, 5.41) is 0.287. The average molecular weight is 424 g/mol. The van der Waals surface area contributed by atoms with Gasteiger partial charge in [-0.2, -0.15) is 0 Å². The van der Waals surface area contributed by atoms with Crippen molar-refractivity contribution in [2.24, 2.45) is 0 Å². The Morgan fingerprint density at radius 2 is 1.56 bits per heavy atom. The topological polar surface area (TPSA) is 110 Å². The van der Waals surface area contributed by atoms with Crippen LogP contribution in [0, 0.1) is 0 Å². The standard InChI is InChI=1S/C14H15Cl2N3O4S2/c1-19(2)25(22,23)13-5-3-4-12(14(13)17)18-24(20,21)11-7-9(15)6-10(16)8-11/h3-8,18H,17H2,1-2H3. The average Bonchev–Trinajstić information content (AvgIpc) is 2.47. The van der Waals surface area contributed by atoms with Crippen LogP contribution in [-0.4, -0.2) is 35.2 Å². The molecule has 0 aromatic heterocycles. The minimum Gasteiger partial charge on any atom is -0.396 e. The van der Waals surface area contributed by atoms with Crippen LogP contribution < -0.4 is 10.5 Å². The molecule has 0 aliphatic heterocycles. The van der Waals surface area contributed by atoms with Gasteiger partial charge in [0.1, 0.15) is 4.90 Å². The molecule has 2 rings (SSSR count). The molecule has 0 radical (unpaired) electrons. The Morgan fingerprint density at radius 1 is 1.00 bits per heavy atom. The number of nitrogens with one attached hydrogen (secondary N) is 1. The van der Waals surface area contributed by atoms with Gasteiger partial charge in [0.15, 0.2) is 0 Å². The maximum Gasteiger partial charge on any atom is 0.262 e. The summed E-state index contributed by atoms with van der Waals surface area (Å²) in [6, 6.07) is 7.85. The lowest BCUT2D eigenvalue weighted by Gasteiger charge is -2.16. The van der Waals surface area contributed by atoms with Crippen LogP contribution in [0.1, 0.15) is 0 Å². The number of sulfonamides is 2. The van der Waals surface area contributed by atoms with Gasteiger partial charge < -0.3 is 5.73 Å². The van der Waals surface area contributed by atoms with Crippen molar-refractivity contribution in [3.63, 3.8) is 0 Å². The molecule has 7 nitrogen and oxygen atoms in total. The predicted octanol–water partition coefficient (Wildman–Crippen LogP) is 2.63. The quantitative estimate of drug-likeness (QED) is 0.718. The summed E-state index contributed by atoms with van der Waals surface area (Å²) in [5.74, 6) is 0. The van der Waals surface area contributed by atoms with E-state index >= 15 is 0 Å². The smallest absolute Gasteiger partial charge is 0.262 e. The van der Waals surface area contributed by atoms with Crippen LogP contribution >= 0.6 is 23.2 Å². The summed E-state index contributed by atoms with van der Waals surface area (Å²) in [4.78, 5) is -0.382. The molecule has 0 amide bonds. The van der Waals surface area contributed by atoms with Crippen molar-refractivity contribution >= 4 is 54.6 Å². The Morgan fingerprint density at radius 3 is 2.08 bits per heavy atom. The van der Waals surface area contributed by atoms with Gasteiger partial charge in [0.25, 0.3) is 10.0 Å². The van der Waals surface area contributed by atoms with Gasteiger partial charge >= 0.3 is 0 Å². The first-order valence-electron chi connectivity index (χ1n) is 6.75. The van der Waals surface area contributed by atoms with E-state index in [9.17, 15) is 16.8 Å². The number of halogens is 2. The second-order valence-electron chi connectivity index (χ2n) is 5.22. The minimum atomic E-state index is -4.07. The van der Waals surface area contributed by atoms with Crippen LogP contribution in [0.2, 0.25) is 10.0 Å². The highest BCUT2D eigenvalue weighted by molar-refractivity contribution is 7.92. The van der Waals surface area contributed by atoms with E-state index in [1.165, 1.54) is 50.5 Å². The lowest BCUT2D eigenvalue weighted by atomic mass is 10.3. The van der Waals surface area contributed by atoms with Crippen LogP contribution in [0.15, 0.2) is 46.2 Å². The first kappa shape index (κ1) is 19.8. The van der Waals surface area contributed by atoms with Crippen molar-refractivity contribution in [1.82, 2.24) is 4.31 Å². The van der Waals surface area contributed by atoms with Crippen LogP contribution in [-0.2, 0) is 20.0 Å². The van der Waals surface area contributed by atoms with Gasteiger partial charge in [-0.1, -0.05) is 29.3 Å². The molecule has 0 aliphatic carbocycles. The van der Waals surface area contributed by atoms with Crippen LogP contribution in [0.4, 0.5) is 11.4 Å². The van der Waals surface area contributed by atoms with E-state index < -0.39 is 20.0 Å². The predicted molar refractivity (Wildman–Crippen MR) is 99.0 cm³/mol. The molecule has 25 heavy (non-hydrogen) atoms. The Kier molecular flexibility index (Phi) is 5.55. The minimum absolute atomic E-state index is 0.0703. The molecular weight excluding hydrogens is 409 g/mol. The molecule has 0 bridgehead atoms. The van der Waals surface area contributed by atoms with E-state index in [0.29, 0.717) is 0 Å². The molecule has 0 unspecified atom stereocenters. The molecule has 0 saturated heterocycles. The highest BCUT2D eigenvalue weighted by atomic mass is 35.5. The Balaban J connectivity index is 2.51. The van der Waals surface area contributed by atoms with Gasteiger partial charge in [0, 0.05) is 24.1 Å². The molecule has 0 heterocycles. The molecule has 3 N–H and O–H groups in total. The molecule has 2 aromatic rings. The summed E-state index contributed by atoms with van der Waals surface area (Å²) in [7, 11) is -5.21. The number of anilines is 2. The number of nitrogens with two attached hydrogens (primary N) is 1. The number of para-hydroxylation sites is 1. The Labute approximate surface area is 156 Å². The molecule has 0 aliphatic rings. The number of rotatable bonds is 5. The number of nitrogens with zero attached hydrogens (tertiary/aromatic N) is 1. The maximum absolute atomic E-state index is 12.5. The molecule has 0 spiro atoms. The fourth-order valence-corrected chi connectivity index (χ4v) is 4.78. The monoisotopic (exact) mass is 423 g/mol. The largest absolute Gasteiger partial charge is 0.396 e. The summed E-state index contributed by atoms with van der Waals surface area (Å²) < 4.78 is 52.8. The summed E-state index contributed by atoms with van der Waals surface area (Å²) in [6.45, 7) is 0. The summed E-state index contributed by atoms with van der Waals surface area (Å²) >= 11 is 11.6. The normalized spacial score (nSPS) is 12.4. The summed E-state index contributed by atoms with van der Waals surface area (Å²) in [6.07, 6.45) is 0. The zero-order valence-corrected chi connectivity index (χ0v) is 16.3. The Bertz CT molecular complexity index is 1000. The third-order valence-corrected chi connectivity index (χ3v) is 6.87. The SMILES string of the molecule is CN(C)S(=O)(=O)c1cccc(NS(=O)(=O)c2cc(Cl)cc(Cl)c2)c1N. The Hall–Kier alpha value is -1.52. The third kappa shape index (κ3) is 4.18. The molecule has 2 aromatic carbocycles. The van der Waals surface area contributed by atoms with Crippen LogP contribution in [0.5, 0.6) is 0 Å². The molecule has 0 saturated carbocycles. The van der Waals surface area contributed by atoms with E-state index in [1.807, 2.05) is 0 Å². The molecular formula is C14H15Cl2N3O4S2. The second kappa shape index (κ2) is 7.00. The zero-order valence-electron chi connectivity index (χ0n) is 13.2. The van der Waals surface area contributed by atoms with Gasteiger partial charge in [0.05, 0.1) is 16.3 Å². The summed E-state index contributed by atoms with van der Waals surface area (Å²) in [5.41, 5.74) is 5.58. The first-order chi connectivity index (χ1) is 11.4. The fourth-order valence-electron chi connectivity index (χ4n) is 1.94. The number of benzene rings is 2. The van der Waals surface area contributed by atoms with E-state index in [0.717, 1.165) is 4.31 Å². The molecule has 0 atom stereocenters. The van der Waals surface area contributed by atoms with Gasteiger partial charge in [0.2, 0.25) is 10.0 Å². The molecule has 0 fully saturated rings. The lowest BCUT2D eigenvalue weighted by molar-refractivity contribution is 0.521. The zero-order chi connectivity index (χ0) is 19.0. The highest BCUT2D eigenvalue weighted by Crippen LogP contribution is 2.31. The maximum atomic E-state index is 12.5. The van der Waals surface area contributed by atoms with E-state index in [4.69, 9.17) is 28.9 Å².